The minimum Gasteiger partial charge on any atom is -0.383 e. The van der Waals surface area contributed by atoms with Gasteiger partial charge in [0.1, 0.15) is 23.3 Å². The molecule has 0 amide bonds. The molecular weight excluding hydrogens is 158 g/mol. The molecule has 2 rings (SSSR count). The standard InChI is InChI=1S/C5H7N7/c6-3-2-4(9-1-8-3)11-12-5(2)10-7/h1H,7H2,(H4,6,8,9,10,11,12). The molecule has 0 unspecified atom stereocenters. The van der Waals surface area contributed by atoms with Gasteiger partial charge in [-0.15, -0.1) is 0 Å². The van der Waals surface area contributed by atoms with Gasteiger partial charge in [-0.1, -0.05) is 0 Å². The first-order valence-corrected chi connectivity index (χ1v) is 3.24. The summed E-state index contributed by atoms with van der Waals surface area (Å²) < 4.78 is 0. The lowest BCUT2D eigenvalue weighted by Gasteiger charge is -1.96. The molecule has 2 aromatic heterocycles. The van der Waals surface area contributed by atoms with E-state index >= 15 is 0 Å². The lowest BCUT2D eigenvalue weighted by Crippen LogP contribution is -2.07. The van der Waals surface area contributed by atoms with Gasteiger partial charge in [-0.25, -0.2) is 15.8 Å². The van der Waals surface area contributed by atoms with Gasteiger partial charge < -0.3 is 11.2 Å². The lowest BCUT2D eigenvalue weighted by molar-refractivity contribution is 1.08. The zero-order chi connectivity index (χ0) is 8.55. The second-order valence-corrected chi connectivity index (χ2v) is 2.20. The SMILES string of the molecule is NNc1[nH]nc2ncnc(N)c12. The highest BCUT2D eigenvalue weighted by Crippen LogP contribution is 2.21. The van der Waals surface area contributed by atoms with Crippen molar-refractivity contribution in [2.75, 3.05) is 11.2 Å². The average Bonchev–Trinajstić information content (AvgIpc) is 2.49. The number of H-pyrrole nitrogens is 1. The molecule has 2 heterocycles. The second kappa shape index (κ2) is 2.31. The maximum Gasteiger partial charge on any atom is 0.188 e. The van der Waals surface area contributed by atoms with Crippen LogP contribution in [0, 0.1) is 0 Å². The number of fused-ring (bicyclic) bond motifs is 1. The monoisotopic (exact) mass is 165 g/mol. The average molecular weight is 165 g/mol. The number of nitrogens with two attached hydrogens (primary N) is 2. The summed E-state index contributed by atoms with van der Waals surface area (Å²) in [5, 5.41) is 7.10. The van der Waals surface area contributed by atoms with Crippen LogP contribution >= 0.6 is 0 Å². The molecule has 0 spiro atoms. The van der Waals surface area contributed by atoms with Gasteiger partial charge in [-0.2, -0.15) is 5.10 Å². The molecule has 0 saturated heterocycles. The Balaban J connectivity index is 2.83. The van der Waals surface area contributed by atoms with Crippen LogP contribution in [0.25, 0.3) is 11.0 Å². The van der Waals surface area contributed by atoms with E-state index in [2.05, 4.69) is 25.6 Å². The van der Waals surface area contributed by atoms with Crippen LogP contribution in [-0.4, -0.2) is 20.2 Å². The molecule has 0 radical (unpaired) electrons. The molecular formula is C5H7N7. The Morgan fingerprint density at radius 3 is 3.00 bits per heavy atom. The summed E-state index contributed by atoms with van der Waals surface area (Å²) in [5.74, 6) is 6.06. The Morgan fingerprint density at radius 1 is 1.42 bits per heavy atom. The van der Waals surface area contributed by atoms with Crippen molar-refractivity contribution in [3.63, 3.8) is 0 Å². The van der Waals surface area contributed by atoms with Crippen molar-refractivity contribution in [1.82, 2.24) is 20.2 Å². The number of aromatic nitrogens is 4. The van der Waals surface area contributed by atoms with Crippen LogP contribution in [0.15, 0.2) is 6.33 Å². The predicted molar refractivity (Wildman–Crippen MR) is 43.9 cm³/mol. The summed E-state index contributed by atoms with van der Waals surface area (Å²) in [6, 6.07) is 0. The molecule has 0 aliphatic rings. The van der Waals surface area contributed by atoms with Gasteiger partial charge in [-0.05, 0) is 0 Å². The molecule has 2 aromatic rings. The first-order chi connectivity index (χ1) is 5.83. The molecule has 12 heavy (non-hydrogen) atoms. The van der Waals surface area contributed by atoms with Crippen LogP contribution in [-0.2, 0) is 0 Å². The van der Waals surface area contributed by atoms with Crippen molar-refractivity contribution in [3.05, 3.63) is 6.33 Å². The van der Waals surface area contributed by atoms with Gasteiger partial charge in [-0.3, -0.25) is 5.10 Å². The maximum absolute atomic E-state index is 5.57. The van der Waals surface area contributed by atoms with Crippen molar-refractivity contribution in [1.29, 1.82) is 0 Å². The van der Waals surface area contributed by atoms with Crippen molar-refractivity contribution in [2.24, 2.45) is 5.84 Å². The summed E-state index contributed by atoms with van der Waals surface area (Å²) in [6.45, 7) is 0. The smallest absolute Gasteiger partial charge is 0.188 e. The summed E-state index contributed by atoms with van der Waals surface area (Å²) in [5.41, 5.74) is 8.48. The quantitative estimate of drug-likeness (QED) is 0.325. The second-order valence-electron chi connectivity index (χ2n) is 2.20. The van der Waals surface area contributed by atoms with Crippen LogP contribution in [0.4, 0.5) is 11.6 Å². The van der Waals surface area contributed by atoms with Gasteiger partial charge in [0.2, 0.25) is 0 Å². The fraction of sp³-hybridized carbons (Fsp3) is 0. The normalized spacial score (nSPS) is 10.4. The highest BCUT2D eigenvalue weighted by atomic mass is 15.3. The van der Waals surface area contributed by atoms with E-state index in [-0.39, 0.29) is 0 Å². The number of nitrogen functional groups attached to an aromatic ring is 2. The van der Waals surface area contributed by atoms with Crippen LogP contribution in [0.3, 0.4) is 0 Å². The summed E-state index contributed by atoms with van der Waals surface area (Å²) >= 11 is 0. The zero-order valence-corrected chi connectivity index (χ0v) is 6.07. The van der Waals surface area contributed by atoms with Crippen LogP contribution in [0.5, 0.6) is 0 Å². The number of hydrogen-bond acceptors (Lipinski definition) is 6. The molecule has 6 N–H and O–H groups in total. The minimum absolute atomic E-state index is 0.349. The van der Waals surface area contributed by atoms with E-state index in [0.29, 0.717) is 22.7 Å². The molecule has 0 aromatic carbocycles. The highest BCUT2D eigenvalue weighted by molar-refractivity contribution is 5.94. The minimum atomic E-state index is 0.349. The van der Waals surface area contributed by atoms with Crippen molar-refractivity contribution < 1.29 is 0 Å². The van der Waals surface area contributed by atoms with Crippen molar-refractivity contribution in [3.8, 4) is 0 Å². The Kier molecular flexibility index (Phi) is 1.31. The third kappa shape index (κ3) is 0.768. The molecule has 0 atom stereocenters. The van der Waals surface area contributed by atoms with Crippen molar-refractivity contribution >= 4 is 22.7 Å². The molecule has 0 saturated carbocycles. The number of aromatic amines is 1. The zero-order valence-electron chi connectivity index (χ0n) is 6.07. The molecule has 0 aliphatic carbocycles. The molecule has 7 nitrogen and oxygen atoms in total. The predicted octanol–water partition coefficient (Wildman–Crippen LogP) is -0.779. The Bertz CT molecular complexity index is 405. The summed E-state index contributed by atoms with van der Waals surface area (Å²) in [7, 11) is 0. The van der Waals surface area contributed by atoms with E-state index in [9.17, 15) is 0 Å². The summed E-state index contributed by atoms with van der Waals surface area (Å²) in [4.78, 5) is 7.68. The van der Waals surface area contributed by atoms with E-state index in [0.717, 1.165) is 0 Å². The number of nitrogens with one attached hydrogen (secondary N) is 2. The lowest BCUT2D eigenvalue weighted by atomic mass is 10.4. The van der Waals surface area contributed by atoms with E-state index in [1.165, 1.54) is 6.33 Å². The topological polar surface area (TPSA) is 119 Å². The van der Waals surface area contributed by atoms with E-state index in [4.69, 9.17) is 11.6 Å². The Hall–Kier alpha value is -1.89. The third-order valence-electron chi connectivity index (χ3n) is 1.52. The first kappa shape index (κ1) is 6.80. The van der Waals surface area contributed by atoms with Gasteiger partial charge >= 0.3 is 0 Å². The number of nitrogens with zero attached hydrogens (tertiary/aromatic N) is 3. The van der Waals surface area contributed by atoms with Gasteiger partial charge in [0, 0.05) is 0 Å². The third-order valence-corrected chi connectivity index (χ3v) is 1.52. The number of rotatable bonds is 1. The number of hydrazine groups is 1. The Labute approximate surface area is 67.1 Å². The van der Waals surface area contributed by atoms with E-state index in [1.54, 1.807) is 0 Å². The van der Waals surface area contributed by atoms with Gasteiger partial charge in [0.15, 0.2) is 5.65 Å². The van der Waals surface area contributed by atoms with Crippen molar-refractivity contribution in [2.45, 2.75) is 0 Å². The molecule has 62 valence electrons. The molecule has 0 fully saturated rings. The van der Waals surface area contributed by atoms with E-state index < -0.39 is 0 Å². The van der Waals surface area contributed by atoms with Gasteiger partial charge in [0.25, 0.3) is 0 Å². The van der Waals surface area contributed by atoms with Crippen LogP contribution in [0.1, 0.15) is 0 Å². The van der Waals surface area contributed by atoms with Crippen LogP contribution < -0.4 is 17.0 Å². The first-order valence-electron chi connectivity index (χ1n) is 3.24. The summed E-state index contributed by atoms with van der Waals surface area (Å²) in [6.07, 6.45) is 1.35. The fourth-order valence-electron chi connectivity index (χ4n) is 0.983. The van der Waals surface area contributed by atoms with Gasteiger partial charge in [0.05, 0.1) is 0 Å². The highest BCUT2D eigenvalue weighted by Gasteiger charge is 2.08. The molecule has 0 bridgehead atoms. The largest absolute Gasteiger partial charge is 0.383 e. The Morgan fingerprint density at radius 2 is 2.25 bits per heavy atom. The number of anilines is 2. The molecule has 7 heteroatoms. The maximum atomic E-state index is 5.57. The molecule has 0 aliphatic heterocycles. The van der Waals surface area contributed by atoms with E-state index in [1.807, 2.05) is 0 Å². The fourth-order valence-corrected chi connectivity index (χ4v) is 0.983. The number of hydrogen-bond donors (Lipinski definition) is 4. The van der Waals surface area contributed by atoms with Crippen LogP contribution in [0.2, 0.25) is 0 Å².